The predicted octanol–water partition coefficient (Wildman–Crippen LogP) is 2.69. The van der Waals surface area contributed by atoms with Gasteiger partial charge in [-0.3, -0.25) is 14.5 Å². The fourth-order valence-corrected chi connectivity index (χ4v) is 3.47. The number of hydrogen-bond acceptors (Lipinski definition) is 5. The summed E-state index contributed by atoms with van der Waals surface area (Å²) < 4.78 is 40.4. The van der Waals surface area contributed by atoms with Crippen LogP contribution in [0.15, 0.2) is 78.0 Å². The van der Waals surface area contributed by atoms with Crippen molar-refractivity contribution in [3.8, 4) is 0 Å². The summed E-state index contributed by atoms with van der Waals surface area (Å²) in [6.07, 6.45) is 1.39. The van der Waals surface area contributed by atoms with E-state index in [4.69, 9.17) is 0 Å². The van der Waals surface area contributed by atoms with Crippen LogP contribution in [0.5, 0.6) is 0 Å². The highest BCUT2D eigenvalue weighted by Gasteiger charge is 2.20. The molecule has 3 rings (SSSR count). The number of pyridine rings is 1. The Labute approximate surface area is 160 Å². The number of nitrogens with zero attached hydrogens (tertiary/aromatic N) is 1. The number of benzene rings is 2. The topological polar surface area (TPSA) is 108 Å². The van der Waals surface area contributed by atoms with Crippen LogP contribution in [0.2, 0.25) is 0 Å². The van der Waals surface area contributed by atoms with E-state index < -0.39 is 27.9 Å². The largest absolute Gasteiger partial charge is 0.378 e. The van der Waals surface area contributed by atoms with Crippen LogP contribution in [0.3, 0.4) is 0 Å². The van der Waals surface area contributed by atoms with Gasteiger partial charge >= 0.3 is 0 Å². The molecule has 0 saturated heterocycles. The van der Waals surface area contributed by atoms with E-state index in [1.54, 1.807) is 24.3 Å². The van der Waals surface area contributed by atoms with Crippen LogP contribution < -0.4 is 10.0 Å². The number of rotatable bonds is 6. The standard InChI is InChI=1S/C19H16FN3O4S/c20-14-7-9-15(10-8-14)28(26,27)23-17-6-2-1-5-16(17)22-19(25)18(24)13-4-3-11-21-12-13/h1-12,18,23-24H,(H,22,25)/t18-/m0/s1. The Morgan fingerprint density at radius 3 is 2.32 bits per heavy atom. The van der Waals surface area contributed by atoms with Gasteiger partial charge in [-0.25, -0.2) is 12.8 Å². The minimum absolute atomic E-state index is 0.0959. The van der Waals surface area contributed by atoms with Crippen LogP contribution in [0.4, 0.5) is 15.8 Å². The predicted molar refractivity (Wildman–Crippen MR) is 101 cm³/mol. The third-order valence-electron chi connectivity index (χ3n) is 3.80. The molecule has 0 radical (unpaired) electrons. The number of hydrogen-bond donors (Lipinski definition) is 3. The number of amides is 1. The number of para-hydroxylation sites is 2. The highest BCUT2D eigenvalue weighted by molar-refractivity contribution is 7.92. The summed E-state index contributed by atoms with van der Waals surface area (Å²) >= 11 is 0. The molecular weight excluding hydrogens is 385 g/mol. The molecule has 0 aliphatic heterocycles. The molecule has 0 bridgehead atoms. The molecule has 3 N–H and O–H groups in total. The maximum atomic E-state index is 13.0. The molecule has 2 aromatic carbocycles. The number of carbonyl (C=O) groups excluding carboxylic acids is 1. The zero-order valence-electron chi connectivity index (χ0n) is 14.4. The quantitative estimate of drug-likeness (QED) is 0.589. The number of carbonyl (C=O) groups is 1. The average molecular weight is 401 g/mol. The lowest BCUT2D eigenvalue weighted by atomic mass is 10.1. The first-order valence-corrected chi connectivity index (χ1v) is 9.61. The van der Waals surface area contributed by atoms with E-state index in [9.17, 15) is 22.7 Å². The summed E-state index contributed by atoms with van der Waals surface area (Å²) in [7, 11) is -4.00. The monoisotopic (exact) mass is 401 g/mol. The van der Waals surface area contributed by atoms with E-state index in [2.05, 4.69) is 15.0 Å². The van der Waals surface area contributed by atoms with Gasteiger partial charge in [-0.2, -0.15) is 0 Å². The van der Waals surface area contributed by atoms with E-state index in [0.717, 1.165) is 24.3 Å². The molecule has 0 saturated carbocycles. The molecule has 0 aliphatic rings. The van der Waals surface area contributed by atoms with Crippen molar-refractivity contribution in [3.63, 3.8) is 0 Å². The van der Waals surface area contributed by atoms with Crippen LogP contribution in [0.25, 0.3) is 0 Å². The van der Waals surface area contributed by atoms with Crippen molar-refractivity contribution in [1.82, 2.24) is 4.98 Å². The van der Waals surface area contributed by atoms with E-state index >= 15 is 0 Å². The van der Waals surface area contributed by atoms with Gasteiger partial charge in [-0.15, -0.1) is 0 Å². The summed E-state index contributed by atoms with van der Waals surface area (Å²) in [4.78, 5) is 16.0. The molecule has 3 aromatic rings. The molecule has 1 aromatic heterocycles. The third kappa shape index (κ3) is 4.51. The smallest absolute Gasteiger partial charge is 0.261 e. The van der Waals surface area contributed by atoms with E-state index in [1.807, 2.05) is 0 Å². The molecule has 7 nitrogen and oxygen atoms in total. The van der Waals surface area contributed by atoms with Gasteiger partial charge in [-0.05, 0) is 42.5 Å². The number of anilines is 2. The molecule has 1 heterocycles. The molecule has 144 valence electrons. The SMILES string of the molecule is O=C(Nc1ccccc1NS(=O)(=O)c1ccc(F)cc1)[C@@H](O)c1cccnc1. The molecule has 9 heteroatoms. The van der Waals surface area contributed by atoms with Crippen LogP contribution in [0.1, 0.15) is 11.7 Å². The zero-order chi connectivity index (χ0) is 20.1. The Morgan fingerprint density at radius 2 is 1.68 bits per heavy atom. The van der Waals surface area contributed by atoms with Crippen molar-refractivity contribution in [2.45, 2.75) is 11.0 Å². The second kappa shape index (κ2) is 8.15. The summed E-state index contributed by atoms with van der Waals surface area (Å²) in [5.41, 5.74) is 0.545. The second-order valence-corrected chi connectivity index (χ2v) is 7.47. The van der Waals surface area contributed by atoms with Crippen molar-refractivity contribution in [2.75, 3.05) is 10.0 Å². The van der Waals surface area contributed by atoms with Gasteiger partial charge in [0.1, 0.15) is 5.82 Å². The Bertz CT molecular complexity index is 1070. The van der Waals surface area contributed by atoms with Crippen molar-refractivity contribution >= 4 is 27.3 Å². The van der Waals surface area contributed by atoms with Crippen LogP contribution in [0, 0.1) is 5.82 Å². The van der Waals surface area contributed by atoms with Crippen molar-refractivity contribution in [2.24, 2.45) is 0 Å². The molecule has 28 heavy (non-hydrogen) atoms. The number of nitrogens with one attached hydrogen (secondary N) is 2. The fourth-order valence-electron chi connectivity index (χ4n) is 2.39. The van der Waals surface area contributed by atoms with E-state index in [0.29, 0.717) is 5.56 Å². The minimum Gasteiger partial charge on any atom is -0.378 e. The summed E-state index contributed by atoms with van der Waals surface area (Å²) in [6, 6.07) is 13.6. The highest BCUT2D eigenvalue weighted by Crippen LogP contribution is 2.26. The Kier molecular flexibility index (Phi) is 5.67. The average Bonchev–Trinajstić information content (AvgIpc) is 2.69. The lowest BCUT2D eigenvalue weighted by Crippen LogP contribution is -2.22. The Hall–Kier alpha value is -3.30. The Morgan fingerprint density at radius 1 is 1.00 bits per heavy atom. The zero-order valence-corrected chi connectivity index (χ0v) is 15.2. The van der Waals surface area contributed by atoms with Gasteiger partial charge in [0, 0.05) is 18.0 Å². The minimum atomic E-state index is -4.00. The van der Waals surface area contributed by atoms with Gasteiger partial charge < -0.3 is 10.4 Å². The van der Waals surface area contributed by atoms with Crippen molar-refractivity contribution in [3.05, 3.63) is 84.4 Å². The van der Waals surface area contributed by atoms with Crippen LogP contribution >= 0.6 is 0 Å². The number of aliphatic hydroxyl groups excluding tert-OH is 1. The highest BCUT2D eigenvalue weighted by atomic mass is 32.2. The number of aromatic nitrogens is 1. The second-order valence-electron chi connectivity index (χ2n) is 5.78. The molecule has 1 atom stereocenters. The Balaban J connectivity index is 1.81. The van der Waals surface area contributed by atoms with E-state index in [-0.39, 0.29) is 16.3 Å². The van der Waals surface area contributed by atoms with Crippen LogP contribution in [-0.2, 0) is 14.8 Å². The van der Waals surface area contributed by atoms with Crippen molar-refractivity contribution < 1.29 is 22.7 Å². The normalized spacial score (nSPS) is 12.2. The third-order valence-corrected chi connectivity index (χ3v) is 5.18. The van der Waals surface area contributed by atoms with E-state index in [1.165, 1.54) is 24.5 Å². The van der Waals surface area contributed by atoms with Gasteiger partial charge in [0.2, 0.25) is 0 Å². The summed E-state index contributed by atoms with van der Waals surface area (Å²) in [6.45, 7) is 0. The molecular formula is C19H16FN3O4S. The van der Waals surface area contributed by atoms with Gasteiger partial charge in [0.15, 0.2) is 6.10 Å². The summed E-state index contributed by atoms with van der Waals surface area (Å²) in [5.74, 6) is -1.31. The molecule has 0 unspecified atom stereocenters. The molecule has 0 aliphatic carbocycles. The number of halogens is 1. The van der Waals surface area contributed by atoms with Gasteiger partial charge in [0.05, 0.1) is 16.3 Å². The maximum Gasteiger partial charge on any atom is 0.261 e. The maximum absolute atomic E-state index is 13.0. The summed E-state index contributed by atoms with van der Waals surface area (Å²) in [5, 5.41) is 12.6. The van der Waals surface area contributed by atoms with Crippen LogP contribution in [-0.4, -0.2) is 24.4 Å². The van der Waals surface area contributed by atoms with Crippen molar-refractivity contribution in [1.29, 1.82) is 0 Å². The molecule has 0 fully saturated rings. The van der Waals surface area contributed by atoms with Gasteiger partial charge in [0.25, 0.3) is 15.9 Å². The lowest BCUT2D eigenvalue weighted by molar-refractivity contribution is -0.124. The molecule has 1 amide bonds. The first-order chi connectivity index (χ1) is 13.4. The molecule has 0 spiro atoms. The first-order valence-electron chi connectivity index (χ1n) is 8.13. The number of aliphatic hydroxyl groups is 1. The first kappa shape index (κ1) is 19.5. The number of sulfonamides is 1. The lowest BCUT2D eigenvalue weighted by Gasteiger charge is -2.15. The van der Waals surface area contributed by atoms with Gasteiger partial charge in [-0.1, -0.05) is 18.2 Å². The fraction of sp³-hybridized carbons (Fsp3) is 0.0526.